The molecule has 3 nitrogen and oxygen atoms in total. The van der Waals surface area contributed by atoms with Crippen molar-refractivity contribution in [3.05, 3.63) is 34.9 Å². The van der Waals surface area contributed by atoms with Gasteiger partial charge in [-0.15, -0.1) is 0 Å². The standard InChI is InChI=1S/C13H16ClNO2/c14-11-6-4-5-10(9-11)12(13(16)17)15-7-2-1-3-8-15/h4-6,9,12H,1-3,7-8H2,(H,16,17)/t12-/m1/s1. The number of hydrogen-bond acceptors (Lipinski definition) is 2. The Morgan fingerprint density at radius 2 is 2.00 bits per heavy atom. The van der Waals surface area contributed by atoms with Gasteiger partial charge in [0.25, 0.3) is 0 Å². The number of halogens is 1. The number of hydrogen-bond donors (Lipinski definition) is 1. The highest BCUT2D eigenvalue weighted by molar-refractivity contribution is 6.30. The van der Waals surface area contributed by atoms with Crippen LogP contribution in [-0.4, -0.2) is 29.1 Å². The maximum Gasteiger partial charge on any atom is 0.325 e. The first kappa shape index (κ1) is 12.4. The Morgan fingerprint density at radius 3 is 2.59 bits per heavy atom. The van der Waals surface area contributed by atoms with Gasteiger partial charge in [-0.1, -0.05) is 30.2 Å². The van der Waals surface area contributed by atoms with Crippen LogP contribution in [0.1, 0.15) is 30.9 Å². The summed E-state index contributed by atoms with van der Waals surface area (Å²) in [5, 5.41) is 9.97. The zero-order chi connectivity index (χ0) is 12.3. The molecule has 1 saturated heterocycles. The summed E-state index contributed by atoms with van der Waals surface area (Å²) in [6, 6.07) is 6.58. The van der Waals surface area contributed by atoms with E-state index in [9.17, 15) is 9.90 Å². The van der Waals surface area contributed by atoms with E-state index in [4.69, 9.17) is 11.6 Å². The third-order valence-electron chi connectivity index (χ3n) is 3.15. The predicted molar refractivity (Wildman–Crippen MR) is 67.3 cm³/mol. The average Bonchev–Trinajstić information content (AvgIpc) is 2.30. The third kappa shape index (κ3) is 2.99. The summed E-state index contributed by atoms with van der Waals surface area (Å²) in [4.78, 5) is 13.5. The minimum Gasteiger partial charge on any atom is -0.480 e. The van der Waals surface area contributed by atoms with E-state index in [1.165, 1.54) is 6.42 Å². The molecule has 1 aromatic carbocycles. The molecule has 1 aliphatic heterocycles. The second kappa shape index (κ2) is 5.52. The number of carbonyl (C=O) groups is 1. The highest BCUT2D eigenvalue weighted by atomic mass is 35.5. The van der Waals surface area contributed by atoms with Gasteiger partial charge in [-0.2, -0.15) is 0 Å². The monoisotopic (exact) mass is 253 g/mol. The molecule has 1 aromatic rings. The highest BCUT2D eigenvalue weighted by Crippen LogP contribution is 2.26. The van der Waals surface area contributed by atoms with Crippen molar-refractivity contribution in [1.82, 2.24) is 4.90 Å². The normalized spacial score (nSPS) is 18.9. The van der Waals surface area contributed by atoms with Crippen LogP contribution in [0.15, 0.2) is 24.3 Å². The first-order valence-corrected chi connectivity index (χ1v) is 6.28. The summed E-state index contributed by atoms with van der Waals surface area (Å²) < 4.78 is 0. The molecule has 0 aliphatic carbocycles. The molecule has 0 amide bonds. The van der Waals surface area contributed by atoms with Crippen LogP contribution in [-0.2, 0) is 4.79 Å². The van der Waals surface area contributed by atoms with Gasteiger partial charge in [-0.3, -0.25) is 9.69 Å². The Morgan fingerprint density at radius 1 is 1.29 bits per heavy atom. The van der Waals surface area contributed by atoms with E-state index in [1.54, 1.807) is 18.2 Å². The van der Waals surface area contributed by atoms with Crippen LogP contribution in [0.2, 0.25) is 5.02 Å². The number of likely N-dealkylation sites (tertiary alicyclic amines) is 1. The molecule has 0 bridgehead atoms. The summed E-state index contributed by atoms with van der Waals surface area (Å²) in [6.07, 6.45) is 3.34. The fraction of sp³-hybridized carbons (Fsp3) is 0.462. The van der Waals surface area contributed by atoms with Crippen LogP contribution in [0, 0.1) is 0 Å². The fourth-order valence-electron chi connectivity index (χ4n) is 2.36. The van der Waals surface area contributed by atoms with Crippen molar-refractivity contribution in [1.29, 1.82) is 0 Å². The van der Waals surface area contributed by atoms with Crippen molar-refractivity contribution in [3.8, 4) is 0 Å². The van der Waals surface area contributed by atoms with Crippen LogP contribution in [0.25, 0.3) is 0 Å². The minimum atomic E-state index is -0.797. The van der Waals surface area contributed by atoms with Crippen molar-refractivity contribution in [2.24, 2.45) is 0 Å². The van der Waals surface area contributed by atoms with Gasteiger partial charge in [0.1, 0.15) is 6.04 Å². The molecule has 1 aliphatic rings. The molecule has 92 valence electrons. The lowest BCUT2D eigenvalue weighted by atomic mass is 10.0. The second-order valence-electron chi connectivity index (χ2n) is 4.39. The SMILES string of the molecule is O=C(O)[C@@H](c1cccc(Cl)c1)N1CCCCC1. The van der Waals surface area contributed by atoms with Crippen LogP contribution >= 0.6 is 11.6 Å². The molecule has 0 aromatic heterocycles. The Labute approximate surface area is 106 Å². The molecule has 0 unspecified atom stereocenters. The van der Waals surface area contributed by atoms with Gasteiger partial charge in [0.15, 0.2) is 0 Å². The molecule has 0 saturated carbocycles. The Kier molecular flexibility index (Phi) is 4.02. The number of aliphatic carboxylic acids is 1. The summed E-state index contributed by atoms with van der Waals surface area (Å²) in [7, 11) is 0. The summed E-state index contributed by atoms with van der Waals surface area (Å²) >= 11 is 5.92. The molecule has 1 heterocycles. The van der Waals surface area contributed by atoms with Gasteiger partial charge in [0.05, 0.1) is 0 Å². The van der Waals surface area contributed by atoms with E-state index >= 15 is 0 Å². The van der Waals surface area contributed by atoms with Gasteiger partial charge in [0, 0.05) is 5.02 Å². The number of nitrogens with zero attached hydrogens (tertiary/aromatic N) is 1. The predicted octanol–water partition coefficient (Wildman–Crippen LogP) is 2.95. The first-order chi connectivity index (χ1) is 8.18. The Balaban J connectivity index is 2.25. The molecule has 4 heteroatoms. The van der Waals surface area contributed by atoms with Gasteiger partial charge >= 0.3 is 5.97 Å². The first-order valence-electron chi connectivity index (χ1n) is 5.91. The van der Waals surface area contributed by atoms with Crippen molar-refractivity contribution in [2.45, 2.75) is 25.3 Å². The van der Waals surface area contributed by atoms with E-state index < -0.39 is 12.0 Å². The van der Waals surface area contributed by atoms with Gasteiger partial charge in [-0.25, -0.2) is 0 Å². The van der Waals surface area contributed by atoms with E-state index in [1.807, 2.05) is 11.0 Å². The lowest BCUT2D eigenvalue weighted by molar-refractivity contribution is -0.144. The Bertz CT molecular complexity index is 402. The maximum absolute atomic E-state index is 11.4. The Hall–Kier alpha value is -1.06. The summed E-state index contributed by atoms with van der Waals surface area (Å²) in [5.74, 6) is -0.797. The zero-order valence-corrected chi connectivity index (χ0v) is 10.4. The zero-order valence-electron chi connectivity index (χ0n) is 9.60. The number of benzene rings is 1. The smallest absolute Gasteiger partial charge is 0.325 e. The van der Waals surface area contributed by atoms with E-state index in [0.29, 0.717) is 5.02 Å². The van der Waals surface area contributed by atoms with Gasteiger partial charge in [-0.05, 0) is 43.6 Å². The number of piperidine rings is 1. The average molecular weight is 254 g/mol. The molecule has 17 heavy (non-hydrogen) atoms. The minimum absolute atomic E-state index is 0.561. The maximum atomic E-state index is 11.4. The number of rotatable bonds is 3. The van der Waals surface area contributed by atoms with Crippen molar-refractivity contribution in [3.63, 3.8) is 0 Å². The molecule has 1 atom stereocenters. The van der Waals surface area contributed by atoms with Crippen LogP contribution in [0.5, 0.6) is 0 Å². The van der Waals surface area contributed by atoms with Crippen LogP contribution in [0.4, 0.5) is 0 Å². The summed E-state index contributed by atoms with van der Waals surface area (Å²) in [5.41, 5.74) is 0.770. The van der Waals surface area contributed by atoms with Crippen molar-refractivity contribution in [2.75, 3.05) is 13.1 Å². The molecule has 2 rings (SSSR count). The molecule has 1 fully saturated rings. The molecular weight excluding hydrogens is 238 g/mol. The largest absolute Gasteiger partial charge is 0.480 e. The fourth-order valence-corrected chi connectivity index (χ4v) is 2.56. The molecular formula is C13H16ClNO2. The van der Waals surface area contributed by atoms with Crippen molar-refractivity contribution < 1.29 is 9.90 Å². The quantitative estimate of drug-likeness (QED) is 0.900. The van der Waals surface area contributed by atoms with E-state index in [-0.39, 0.29) is 0 Å². The summed E-state index contributed by atoms with van der Waals surface area (Å²) in [6.45, 7) is 1.70. The highest BCUT2D eigenvalue weighted by Gasteiger charge is 2.28. The molecule has 0 spiro atoms. The van der Waals surface area contributed by atoms with Crippen LogP contribution in [0.3, 0.4) is 0 Å². The lowest BCUT2D eigenvalue weighted by Crippen LogP contribution is -2.37. The van der Waals surface area contributed by atoms with E-state index in [0.717, 1.165) is 31.5 Å². The lowest BCUT2D eigenvalue weighted by Gasteiger charge is -2.32. The molecule has 1 N–H and O–H groups in total. The van der Waals surface area contributed by atoms with Crippen molar-refractivity contribution >= 4 is 17.6 Å². The van der Waals surface area contributed by atoms with Gasteiger partial charge < -0.3 is 5.11 Å². The second-order valence-corrected chi connectivity index (χ2v) is 4.83. The van der Waals surface area contributed by atoms with E-state index in [2.05, 4.69) is 0 Å². The van der Waals surface area contributed by atoms with Gasteiger partial charge in [0.2, 0.25) is 0 Å². The molecule has 0 radical (unpaired) electrons. The van der Waals surface area contributed by atoms with Crippen LogP contribution < -0.4 is 0 Å². The number of carboxylic acid groups (broad SMARTS) is 1. The number of carboxylic acids is 1. The third-order valence-corrected chi connectivity index (χ3v) is 3.39. The topological polar surface area (TPSA) is 40.5 Å².